The van der Waals surface area contributed by atoms with E-state index in [0.29, 0.717) is 23.2 Å². The minimum absolute atomic E-state index is 0.174. The number of carbonyl (C=O) groups is 1. The summed E-state index contributed by atoms with van der Waals surface area (Å²) in [5.74, 6) is 2.35. The first-order valence-corrected chi connectivity index (χ1v) is 16.3. The van der Waals surface area contributed by atoms with Crippen molar-refractivity contribution in [2.75, 3.05) is 30.9 Å². The van der Waals surface area contributed by atoms with E-state index in [1.54, 1.807) is 18.9 Å². The van der Waals surface area contributed by atoms with Crippen LogP contribution in [0.2, 0.25) is 0 Å². The normalized spacial score (nSPS) is 15.1. The Kier molecular flexibility index (Phi) is 10.7. The van der Waals surface area contributed by atoms with Crippen LogP contribution in [0.1, 0.15) is 56.6 Å². The lowest BCUT2D eigenvalue weighted by Gasteiger charge is -2.32. The van der Waals surface area contributed by atoms with Crippen LogP contribution in [-0.2, 0) is 0 Å². The summed E-state index contributed by atoms with van der Waals surface area (Å²) in [6, 6.07) is 18.9. The van der Waals surface area contributed by atoms with Gasteiger partial charge in [-0.1, -0.05) is 56.8 Å². The highest BCUT2D eigenvalue weighted by Gasteiger charge is 2.31. The van der Waals surface area contributed by atoms with E-state index in [-0.39, 0.29) is 23.6 Å². The Morgan fingerprint density at radius 1 is 1.04 bits per heavy atom. The van der Waals surface area contributed by atoms with Crippen molar-refractivity contribution < 1.29 is 27.4 Å². The number of rotatable bonds is 10. The Bertz CT molecular complexity index is 1690. The van der Waals surface area contributed by atoms with E-state index in [1.807, 2.05) is 36.4 Å². The summed E-state index contributed by atoms with van der Waals surface area (Å²) in [6.07, 6.45) is -1.52. The molecule has 1 aliphatic rings. The molecule has 1 atom stereocenters. The third-order valence-electron chi connectivity index (χ3n) is 7.75. The monoisotopic (exact) mass is 666 g/mol. The van der Waals surface area contributed by atoms with Gasteiger partial charge in [0.15, 0.2) is 11.0 Å². The van der Waals surface area contributed by atoms with Crippen molar-refractivity contribution in [1.82, 2.24) is 20.1 Å². The summed E-state index contributed by atoms with van der Waals surface area (Å²) in [5.41, 5.74) is 4.65. The standard InChI is InChI=1S/C34H37F3N6O3S/c1-22(2)29-20-28(45-4)14-15-30(29)42-18-5-19-47-33(42)40-32(44)38-17-16-23(3)24-6-8-25(9-7-24)31-39-21-43(41-31)26-10-12-27(13-11-26)46-34(35,36)37/h6-15,20-23H,5,16-19H2,1-4H3,(H,38,44)/b40-33-. The Morgan fingerprint density at radius 2 is 1.77 bits per heavy atom. The van der Waals surface area contributed by atoms with Crippen molar-refractivity contribution >= 4 is 28.6 Å². The van der Waals surface area contributed by atoms with E-state index in [0.717, 1.165) is 53.3 Å². The minimum atomic E-state index is -4.75. The lowest BCUT2D eigenvalue weighted by Crippen LogP contribution is -2.36. The van der Waals surface area contributed by atoms with Crippen LogP contribution in [0.15, 0.2) is 78.0 Å². The van der Waals surface area contributed by atoms with E-state index >= 15 is 0 Å². The molecule has 1 unspecified atom stereocenters. The number of urea groups is 1. The van der Waals surface area contributed by atoms with Crippen LogP contribution in [0.25, 0.3) is 17.1 Å². The van der Waals surface area contributed by atoms with Gasteiger partial charge in [0.1, 0.15) is 17.8 Å². The fourth-order valence-electron chi connectivity index (χ4n) is 5.21. The van der Waals surface area contributed by atoms with E-state index in [1.165, 1.54) is 35.3 Å². The number of nitrogens with zero attached hydrogens (tertiary/aromatic N) is 5. The quantitative estimate of drug-likeness (QED) is 0.183. The predicted octanol–water partition coefficient (Wildman–Crippen LogP) is 8.17. The summed E-state index contributed by atoms with van der Waals surface area (Å²) in [6.45, 7) is 7.65. The van der Waals surface area contributed by atoms with Crippen LogP contribution >= 0.6 is 11.8 Å². The molecular formula is C34H37F3N6O3S. The molecule has 5 rings (SSSR count). The fraction of sp³-hybridized carbons (Fsp3) is 0.353. The van der Waals surface area contributed by atoms with Gasteiger partial charge in [0, 0.05) is 30.1 Å². The van der Waals surface area contributed by atoms with Gasteiger partial charge in [-0.15, -0.1) is 18.3 Å². The lowest BCUT2D eigenvalue weighted by atomic mass is 9.96. The smallest absolute Gasteiger partial charge is 0.497 e. The number of amidine groups is 1. The molecule has 2 heterocycles. The molecule has 0 aliphatic carbocycles. The van der Waals surface area contributed by atoms with Gasteiger partial charge < -0.3 is 19.7 Å². The molecule has 1 saturated heterocycles. The van der Waals surface area contributed by atoms with Crippen LogP contribution in [0.4, 0.5) is 23.7 Å². The number of hydrogen-bond donors (Lipinski definition) is 1. The van der Waals surface area contributed by atoms with Gasteiger partial charge in [-0.25, -0.2) is 14.5 Å². The second-order valence-electron chi connectivity index (χ2n) is 11.4. The van der Waals surface area contributed by atoms with Crippen LogP contribution < -0.4 is 19.7 Å². The van der Waals surface area contributed by atoms with Crippen molar-refractivity contribution in [3.63, 3.8) is 0 Å². The number of amides is 2. The number of ether oxygens (including phenoxy) is 2. The van der Waals surface area contributed by atoms with Gasteiger partial charge in [-0.05, 0) is 78.3 Å². The molecule has 13 heteroatoms. The van der Waals surface area contributed by atoms with Crippen LogP contribution in [0.3, 0.4) is 0 Å². The molecule has 0 spiro atoms. The molecule has 1 N–H and O–H groups in total. The Balaban J connectivity index is 1.16. The number of benzene rings is 3. The highest BCUT2D eigenvalue weighted by Crippen LogP contribution is 2.35. The molecule has 47 heavy (non-hydrogen) atoms. The maximum absolute atomic E-state index is 12.9. The number of nitrogens with one attached hydrogen (secondary N) is 1. The highest BCUT2D eigenvalue weighted by atomic mass is 32.2. The zero-order valence-corrected chi connectivity index (χ0v) is 27.4. The second-order valence-corrected chi connectivity index (χ2v) is 12.5. The van der Waals surface area contributed by atoms with Gasteiger partial charge in [0.25, 0.3) is 0 Å². The zero-order chi connectivity index (χ0) is 33.6. The molecule has 4 aromatic rings. The number of thioether (sulfide) groups is 1. The fourth-order valence-corrected chi connectivity index (χ4v) is 6.16. The molecule has 2 amide bonds. The largest absolute Gasteiger partial charge is 0.573 e. The number of anilines is 1. The van der Waals surface area contributed by atoms with Crippen LogP contribution in [0.5, 0.6) is 11.5 Å². The SMILES string of the molecule is COc1ccc(N2CCCS/C2=N\C(=O)NCCC(C)c2ccc(-c3ncn(-c4ccc(OC(F)(F)F)cc4)n3)cc2)c(C(C)C)c1. The zero-order valence-electron chi connectivity index (χ0n) is 26.6. The number of methoxy groups -OCH3 is 1. The van der Waals surface area contributed by atoms with Gasteiger partial charge in [0.05, 0.1) is 12.8 Å². The lowest BCUT2D eigenvalue weighted by molar-refractivity contribution is -0.274. The summed E-state index contributed by atoms with van der Waals surface area (Å²) >= 11 is 1.59. The van der Waals surface area contributed by atoms with Gasteiger partial charge in [-0.3, -0.25) is 0 Å². The first-order valence-electron chi connectivity index (χ1n) is 15.3. The molecule has 3 aromatic carbocycles. The summed E-state index contributed by atoms with van der Waals surface area (Å²) < 4.78 is 48.2. The van der Waals surface area contributed by atoms with Gasteiger partial charge in [0.2, 0.25) is 0 Å². The molecule has 1 aliphatic heterocycles. The molecule has 0 radical (unpaired) electrons. The molecule has 1 fully saturated rings. The van der Waals surface area contributed by atoms with Gasteiger partial charge >= 0.3 is 12.4 Å². The average Bonchev–Trinajstić information content (AvgIpc) is 3.55. The van der Waals surface area contributed by atoms with Crippen molar-refractivity contribution in [2.24, 2.45) is 4.99 Å². The number of alkyl halides is 3. The second kappa shape index (κ2) is 14.9. The Labute approximate surface area is 276 Å². The van der Waals surface area contributed by atoms with E-state index in [2.05, 4.69) is 56.9 Å². The maximum Gasteiger partial charge on any atom is 0.573 e. The van der Waals surface area contributed by atoms with Crippen LogP contribution in [0, 0.1) is 0 Å². The molecule has 1 aromatic heterocycles. The van der Waals surface area contributed by atoms with Gasteiger partial charge in [-0.2, -0.15) is 4.99 Å². The number of halogens is 3. The molecule has 248 valence electrons. The first-order chi connectivity index (χ1) is 22.5. The summed E-state index contributed by atoms with van der Waals surface area (Å²) in [7, 11) is 1.66. The van der Waals surface area contributed by atoms with E-state index < -0.39 is 6.36 Å². The topological polar surface area (TPSA) is 93.9 Å². The number of aromatic nitrogens is 3. The third-order valence-corrected chi connectivity index (χ3v) is 8.81. The highest BCUT2D eigenvalue weighted by molar-refractivity contribution is 8.14. The van der Waals surface area contributed by atoms with E-state index in [9.17, 15) is 18.0 Å². The first kappa shape index (κ1) is 33.8. The third kappa shape index (κ3) is 8.85. The number of hydrogen-bond acceptors (Lipinski definition) is 6. The predicted molar refractivity (Wildman–Crippen MR) is 179 cm³/mol. The van der Waals surface area contributed by atoms with Crippen molar-refractivity contribution in [3.8, 4) is 28.6 Å². The molecule has 0 bridgehead atoms. The van der Waals surface area contributed by atoms with E-state index in [4.69, 9.17) is 4.74 Å². The molecular weight excluding hydrogens is 629 g/mol. The maximum atomic E-state index is 12.9. The molecule has 9 nitrogen and oxygen atoms in total. The van der Waals surface area contributed by atoms with Crippen LogP contribution in [-0.4, -0.2) is 58.3 Å². The number of aliphatic imine (C=N–C) groups is 1. The average molecular weight is 667 g/mol. The van der Waals surface area contributed by atoms with Crippen molar-refractivity contribution in [2.45, 2.75) is 51.8 Å². The summed E-state index contributed by atoms with van der Waals surface area (Å²) in [4.78, 5) is 23.8. The Morgan fingerprint density at radius 3 is 2.45 bits per heavy atom. The molecule has 0 saturated carbocycles. The van der Waals surface area contributed by atoms with Crippen molar-refractivity contribution in [1.29, 1.82) is 0 Å². The van der Waals surface area contributed by atoms with Crippen molar-refractivity contribution in [3.05, 3.63) is 84.2 Å². The Hall–Kier alpha value is -4.52. The number of carbonyl (C=O) groups excluding carboxylic acids is 1. The minimum Gasteiger partial charge on any atom is -0.497 e. The summed E-state index contributed by atoms with van der Waals surface area (Å²) in [5, 5.41) is 8.12.